The monoisotopic (exact) mass is 418 g/mol. The van der Waals surface area contributed by atoms with Gasteiger partial charge in [0, 0.05) is 36.6 Å². The van der Waals surface area contributed by atoms with Crippen LogP contribution in [0.4, 0.5) is 5.69 Å². The minimum Gasteiger partial charge on any atom is -0.443 e. The molecule has 0 aliphatic heterocycles. The van der Waals surface area contributed by atoms with Crippen LogP contribution in [0, 0.1) is 18.3 Å². The molecule has 1 aromatic carbocycles. The fourth-order valence-corrected chi connectivity index (χ4v) is 3.69. The van der Waals surface area contributed by atoms with Crippen LogP contribution in [0.25, 0.3) is 0 Å². The van der Waals surface area contributed by atoms with Gasteiger partial charge in [0.05, 0.1) is 22.7 Å². The zero-order chi connectivity index (χ0) is 20.9. The first-order valence-corrected chi connectivity index (χ1v) is 10.6. The molecule has 28 heavy (non-hydrogen) atoms. The maximum absolute atomic E-state index is 9.72. The van der Waals surface area contributed by atoms with Gasteiger partial charge in [0.1, 0.15) is 17.4 Å². The van der Waals surface area contributed by atoms with Crippen LogP contribution in [0.2, 0.25) is 5.02 Å². The number of aliphatic imine (C=N–C) groups is 1. The number of hydrogen-bond donors (Lipinski definition) is 0. The molecule has 7 heteroatoms. The second kappa shape index (κ2) is 9.40. The van der Waals surface area contributed by atoms with E-state index in [1.54, 1.807) is 12.4 Å². The topological polar surface area (TPSA) is 61.5 Å². The van der Waals surface area contributed by atoms with Gasteiger partial charge < -0.3 is 9.64 Å². The van der Waals surface area contributed by atoms with Gasteiger partial charge in [-0.3, -0.25) is 0 Å². The van der Waals surface area contributed by atoms with Crippen LogP contribution in [0.5, 0.6) is 10.8 Å². The van der Waals surface area contributed by atoms with Crippen LogP contribution >= 0.6 is 23.1 Å². The van der Waals surface area contributed by atoms with Gasteiger partial charge in [-0.05, 0) is 38.3 Å². The van der Waals surface area contributed by atoms with Crippen molar-refractivity contribution in [1.82, 2.24) is 9.27 Å². The molecule has 1 aromatic heterocycles. The van der Waals surface area contributed by atoms with Crippen molar-refractivity contribution in [2.24, 2.45) is 4.99 Å². The molecule has 2 aromatic rings. The number of rotatable bonds is 8. The molecule has 0 aliphatic rings. The quantitative estimate of drug-likeness (QED) is 0.364. The largest absolute Gasteiger partial charge is 0.443 e. The highest BCUT2D eigenvalue weighted by atomic mass is 35.5. The number of hydrogen-bond acceptors (Lipinski definition) is 5. The van der Waals surface area contributed by atoms with E-state index in [2.05, 4.69) is 36.2 Å². The van der Waals surface area contributed by atoms with Crippen molar-refractivity contribution < 1.29 is 4.74 Å². The zero-order valence-corrected chi connectivity index (χ0v) is 18.9. The molecule has 0 bridgehead atoms. The summed E-state index contributed by atoms with van der Waals surface area (Å²) in [6.07, 6.45) is 3.57. The van der Waals surface area contributed by atoms with Gasteiger partial charge >= 0.3 is 0 Å². The number of benzene rings is 1. The van der Waals surface area contributed by atoms with E-state index in [1.165, 1.54) is 11.5 Å². The summed E-state index contributed by atoms with van der Waals surface area (Å²) in [4.78, 5) is 6.39. The van der Waals surface area contributed by atoms with Gasteiger partial charge in [0.2, 0.25) is 5.06 Å². The molecule has 0 atom stereocenters. The molecule has 0 fully saturated rings. The Bertz CT molecular complexity index is 897. The van der Waals surface area contributed by atoms with Crippen molar-refractivity contribution in [3.05, 3.63) is 34.0 Å². The van der Waals surface area contributed by atoms with Crippen molar-refractivity contribution in [2.75, 3.05) is 13.6 Å². The SMILES string of the molecule is CCN(C)/C=N\c1cc(C)c(Oc2snc(C(C)(CC)CC)c2C#N)cc1Cl. The van der Waals surface area contributed by atoms with Gasteiger partial charge in [0.25, 0.3) is 0 Å². The molecule has 0 amide bonds. The molecule has 0 aliphatic carbocycles. The van der Waals surface area contributed by atoms with Crippen molar-refractivity contribution in [3.63, 3.8) is 0 Å². The Balaban J connectivity index is 2.37. The van der Waals surface area contributed by atoms with Gasteiger partial charge in [0.15, 0.2) is 0 Å². The highest BCUT2D eigenvalue weighted by Crippen LogP contribution is 2.42. The molecule has 0 saturated heterocycles. The van der Waals surface area contributed by atoms with Crippen LogP contribution in [-0.4, -0.2) is 29.2 Å². The van der Waals surface area contributed by atoms with E-state index in [0.29, 0.717) is 27.1 Å². The van der Waals surface area contributed by atoms with Crippen LogP contribution in [0.15, 0.2) is 17.1 Å². The number of halogens is 1. The molecule has 0 unspecified atom stereocenters. The summed E-state index contributed by atoms with van der Waals surface area (Å²) in [6.45, 7) is 11.2. The predicted molar refractivity (Wildman–Crippen MR) is 117 cm³/mol. The first-order valence-electron chi connectivity index (χ1n) is 9.42. The lowest BCUT2D eigenvalue weighted by Crippen LogP contribution is -2.21. The number of nitriles is 1. The third-order valence-corrected chi connectivity index (χ3v) is 6.27. The summed E-state index contributed by atoms with van der Waals surface area (Å²) in [5.74, 6) is 0.606. The molecule has 1 heterocycles. The fourth-order valence-electron chi connectivity index (χ4n) is 2.64. The lowest BCUT2D eigenvalue weighted by molar-refractivity contribution is 0.426. The second-order valence-electron chi connectivity index (χ2n) is 7.06. The molecule has 0 N–H and O–H groups in total. The third-order valence-electron chi connectivity index (χ3n) is 5.24. The third kappa shape index (κ3) is 4.65. The average Bonchev–Trinajstić information content (AvgIpc) is 3.11. The zero-order valence-electron chi connectivity index (χ0n) is 17.3. The number of aromatic nitrogens is 1. The predicted octanol–water partition coefficient (Wildman–Crippen LogP) is 6.46. The van der Waals surface area contributed by atoms with E-state index >= 15 is 0 Å². The summed E-state index contributed by atoms with van der Waals surface area (Å²) in [5, 5.41) is 10.7. The van der Waals surface area contributed by atoms with Crippen molar-refractivity contribution in [1.29, 1.82) is 5.26 Å². The van der Waals surface area contributed by atoms with Crippen LogP contribution in [-0.2, 0) is 5.41 Å². The number of nitrogens with zero attached hydrogens (tertiary/aromatic N) is 4. The molecular weight excluding hydrogens is 392 g/mol. The lowest BCUT2D eigenvalue weighted by atomic mass is 9.80. The highest BCUT2D eigenvalue weighted by molar-refractivity contribution is 7.08. The summed E-state index contributed by atoms with van der Waals surface area (Å²) in [6, 6.07) is 5.91. The van der Waals surface area contributed by atoms with E-state index in [4.69, 9.17) is 16.3 Å². The normalized spacial score (nSPS) is 11.6. The molecule has 0 saturated carbocycles. The van der Waals surface area contributed by atoms with Crippen molar-refractivity contribution in [3.8, 4) is 16.9 Å². The number of aryl methyl sites for hydroxylation is 1. The van der Waals surface area contributed by atoms with Crippen LogP contribution in [0.1, 0.15) is 57.4 Å². The Morgan fingerprint density at radius 3 is 2.61 bits per heavy atom. The van der Waals surface area contributed by atoms with Gasteiger partial charge in [-0.2, -0.15) is 9.64 Å². The van der Waals surface area contributed by atoms with Crippen molar-refractivity contribution in [2.45, 2.75) is 52.9 Å². The first-order chi connectivity index (χ1) is 13.3. The Hall–Kier alpha value is -2.10. The Morgan fingerprint density at radius 2 is 2.04 bits per heavy atom. The standard InChI is InChI=1S/C21H27ClN4OS/c1-7-21(5,8-2)19-15(12-23)20(28-25-19)27-18-11-16(22)17(10-14(18)4)24-13-26(6)9-3/h10-11,13H,7-9H2,1-6H3/b24-13-. The summed E-state index contributed by atoms with van der Waals surface area (Å²) in [7, 11) is 1.95. The summed E-state index contributed by atoms with van der Waals surface area (Å²) >= 11 is 7.62. The summed E-state index contributed by atoms with van der Waals surface area (Å²) in [5.41, 5.74) is 2.76. The van der Waals surface area contributed by atoms with Crippen LogP contribution in [0.3, 0.4) is 0 Å². The maximum Gasteiger partial charge on any atom is 0.218 e. The minimum atomic E-state index is -0.139. The van der Waals surface area contributed by atoms with E-state index in [1.807, 2.05) is 31.9 Å². The molecular formula is C21H27ClN4OS. The van der Waals surface area contributed by atoms with Crippen molar-refractivity contribution >= 4 is 35.2 Å². The molecule has 0 spiro atoms. The molecule has 5 nitrogen and oxygen atoms in total. The molecule has 150 valence electrons. The van der Waals surface area contributed by atoms with Gasteiger partial charge in [-0.25, -0.2) is 4.99 Å². The first kappa shape index (κ1) is 22.2. The summed E-state index contributed by atoms with van der Waals surface area (Å²) < 4.78 is 10.6. The fraction of sp³-hybridized carbons (Fsp3) is 0.476. The van der Waals surface area contributed by atoms with E-state index < -0.39 is 0 Å². The lowest BCUT2D eigenvalue weighted by Gasteiger charge is -2.24. The molecule has 0 radical (unpaired) electrons. The maximum atomic E-state index is 9.72. The van der Waals surface area contributed by atoms with E-state index in [9.17, 15) is 5.26 Å². The Kier molecular flexibility index (Phi) is 7.45. The van der Waals surface area contributed by atoms with Gasteiger partial charge in [-0.1, -0.05) is 32.4 Å². The Morgan fingerprint density at radius 1 is 1.36 bits per heavy atom. The highest BCUT2D eigenvalue weighted by Gasteiger charge is 2.31. The van der Waals surface area contributed by atoms with E-state index in [0.717, 1.165) is 30.6 Å². The number of ether oxygens (including phenoxy) is 1. The Labute approximate surface area is 176 Å². The average molecular weight is 419 g/mol. The molecule has 2 rings (SSSR count). The van der Waals surface area contributed by atoms with Gasteiger partial charge in [-0.15, -0.1) is 0 Å². The van der Waals surface area contributed by atoms with Crippen LogP contribution < -0.4 is 4.74 Å². The van der Waals surface area contributed by atoms with E-state index in [-0.39, 0.29) is 5.41 Å². The second-order valence-corrected chi connectivity index (χ2v) is 8.21. The smallest absolute Gasteiger partial charge is 0.218 e. The minimum absolute atomic E-state index is 0.139.